The summed E-state index contributed by atoms with van der Waals surface area (Å²) in [6, 6.07) is 21.9. The van der Waals surface area contributed by atoms with Crippen LogP contribution in [0.1, 0.15) is 41.8 Å². The molecule has 3 aromatic carbocycles. The minimum atomic E-state index is 0.0444. The van der Waals surface area contributed by atoms with Gasteiger partial charge in [-0.05, 0) is 67.6 Å². The van der Waals surface area contributed by atoms with Gasteiger partial charge in [-0.2, -0.15) is 0 Å². The lowest BCUT2D eigenvalue weighted by Gasteiger charge is -2.14. The van der Waals surface area contributed by atoms with Crippen LogP contribution in [0, 0.1) is 13.8 Å². The van der Waals surface area contributed by atoms with Crippen molar-refractivity contribution < 1.29 is 9.53 Å². The summed E-state index contributed by atoms with van der Waals surface area (Å²) in [6.45, 7) is 6.20. The van der Waals surface area contributed by atoms with E-state index in [9.17, 15) is 4.79 Å². The second-order valence-electron chi connectivity index (χ2n) is 9.20. The molecule has 0 spiro atoms. The molecule has 0 radical (unpaired) electrons. The molecular formula is C30H34ClN3O2. The molecule has 0 saturated heterocycles. The summed E-state index contributed by atoms with van der Waals surface area (Å²) in [6.07, 6.45) is 4.28. The summed E-state index contributed by atoms with van der Waals surface area (Å²) in [5.41, 5.74) is 5.45. The zero-order valence-electron chi connectivity index (χ0n) is 21.1. The van der Waals surface area contributed by atoms with Crippen molar-refractivity contribution in [2.45, 2.75) is 52.5 Å². The van der Waals surface area contributed by atoms with Gasteiger partial charge in [0.1, 0.15) is 18.2 Å². The molecule has 4 rings (SSSR count). The third-order valence-electron chi connectivity index (χ3n) is 6.38. The molecule has 0 fully saturated rings. The Morgan fingerprint density at radius 3 is 2.47 bits per heavy atom. The monoisotopic (exact) mass is 503 g/mol. The van der Waals surface area contributed by atoms with Crippen LogP contribution in [-0.2, 0) is 24.2 Å². The van der Waals surface area contributed by atoms with Crippen molar-refractivity contribution in [1.29, 1.82) is 0 Å². The average molecular weight is 504 g/mol. The Bertz CT molecular complexity index is 1280. The van der Waals surface area contributed by atoms with Crippen LogP contribution in [0.5, 0.6) is 5.75 Å². The number of halogens is 1. The molecule has 188 valence electrons. The van der Waals surface area contributed by atoms with Crippen molar-refractivity contribution in [3.8, 4) is 5.75 Å². The fourth-order valence-corrected chi connectivity index (χ4v) is 4.62. The third kappa shape index (κ3) is 6.88. The Balaban J connectivity index is 1.25. The Hall–Kier alpha value is -3.31. The van der Waals surface area contributed by atoms with E-state index < -0.39 is 0 Å². The Morgan fingerprint density at radius 2 is 1.69 bits per heavy atom. The SMILES string of the molecule is Cc1cccc(C)c1OCCn1c(CCCCCNC(=O)Cc2ccc(Cl)cc2)nc2ccccc21. The van der Waals surface area contributed by atoms with Crippen LogP contribution in [0.4, 0.5) is 0 Å². The van der Waals surface area contributed by atoms with E-state index in [1.54, 1.807) is 0 Å². The van der Waals surface area contributed by atoms with E-state index >= 15 is 0 Å². The summed E-state index contributed by atoms with van der Waals surface area (Å²) in [7, 11) is 0. The van der Waals surface area contributed by atoms with Crippen molar-refractivity contribution in [2.75, 3.05) is 13.2 Å². The van der Waals surface area contributed by atoms with E-state index in [4.69, 9.17) is 21.3 Å². The van der Waals surface area contributed by atoms with Crippen LogP contribution in [0.3, 0.4) is 0 Å². The van der Waals surface area contributed by atoms with Crippen LogP contribution in [0.15, 0.2) is 66.7 Å². The number of nitrogens with one attached hydrogen (secondary N) is 1. The fraction of sp³-hybridized carbons (Fsp3) is 0.333. The molecule has 1 amide bonds. The quantitative estimate of drug-likeness (QED) is 0.226. The highest BCUT2D eigenvalue weighted by atomic mass is 35.5. The molecule has 1 aromatic heterocycles. The molecule has 0 unspecified atom stereocenters. The predicted octanol–water partition coefficient (Wildman–Crippen LogP) is 6.46. The Labute approximate surface area is 218 Å². The highest BCUT2D eigenvalue weighted by Gasteiger charge is 2.11. The zero-order valence-corrected chi connectivity index (χ0v) is 21.9. The van der Waals surface area contributed by atoms with Crippen LogP contribution in [0.2, 0.25) is 5.02 Å². The number of unbranched alkanes of at least 4 members (excludes halogenated alkanes) is 2. The van der Waals surface area contributed by atoms with Gasteiger partial charge in [0.15, 0.2) is 0 Å². The number of rotatable bonds is 12. The van der Waals surface area contributed by atoms with Gasteiger partial charge in [-0.3, -0.25) is 4.79 Å². The molecule has 36 heavy (non-hydrogen) atoms. The minimum Gasteiger partial charge on any atom is -0.491 e. The first-order valence-electron chi connectivity index (χ1n) is 12.7. The van der Waals surface area contributed by atoms with E-state index in [0.29, 0.717) is 24.6 Å². The number of amides is 1. The maximum atomic E-state index is 12.2. The van der Waals surface area contributed by atoms with Crippen molar-refractivity contribution in [3.05, 3.63) is 94.3 Å². The topological polar surface area (TPSA) is 56.1 Å². The molecule has 5 nitrogen and oxygen atoms in total. The standard InChI is InChI=1S/C30H34ClN3O2/c1-22-9-8-10-23(2)30(22)36-20-19-34-27-12-6-5-11-26(27)33-28(34)13-4-3-7-18-32-29(35)21-24-14-16-25(31)17-15-24/h5-6,8-12,14-17H,3-4,7,13,18-21H2,1-2H3,(H,32,35). The molecule has 0 aliphatic carbocycles. The lowest BCUT2D eigenvalue weighted by molar-refractivity contribution is -0.120. The van der Waals surface area contributed by atoms with Gasteiger partial charge in [-0.15, -0.1) is 0 Å². The zero-order chi connectivity index (χ0) is 25.3. The van der Waals surface area contributed by atoms with Crippen LogP contribution in [0.25, 0.3) is 11.0 Å². The summed E-state index contributed by atoms with van der Waals surface area (Å²) >= 11 is 5.91. The van der Waals surface area contributed by atoms with Gasteiger partial charge in [0.25, 0.3) is 0 Å². The van der Waals surface area contributed by atoms with Crippen LogP contribution in [-0.4, -0.2) is 28.6 Å². The number of aryl methyl sites for hydroxylation is 3. The number of aromatic nitrogens is 2. The van der Waals surface area contributed by atoms with Crippen molar-refractivity contribution >= 4 is 28.5 Å². The Kier molecular flexibility index (Phi) is 9.01. The number of benzene rings is 3. The molecule has 0 aliphatic heterocycles. The van der Waals surface area contributed by atoms with Gasteiger partial charge in [0.05, 0.1) is 24.0 Å². The van der Waals surface area contributed by atoms with Gasteiger partial charge < -0.3 is 14.6 Å². The molecule has 0 aliphatic rings. The average Bonchev–Trinajstić information content (AvgIpc) is 3.22. The number of carbonyl (C=O) groups excluding carboxylic acids is 1. The molecule has 1 N–H and O–H groups in total. The second-order valence-corrected chi connectivity index (χ2v) is 9.64. The van der Waals surface area contributed by atoms with E-state index in [1.165, 1.54) is 0 Å². The van der Waals surface area contributed by atoms with Crippen LogP contribution < -0.4 is 10.1 Å². The van der Waals surface area contributed by atoms with Gasteiger partial charge in [-0.1, -0.05) is 60.5 Å². The predicted molar refractivity (Wildman–Crippen MR) is 147 cm³/mol. The number of hydrogen-bond acceptors (Lipinski definition) is 3. The van der Waals surface area contributed by atoms with Gasteiger partial charge in [0, 0.05) is 18.0 Å². The molecule has 0 saturated carbocycles. The normalized spacial score (nSPS) is 11.1. The molecule has 4 aromatic rings. The lowest BCUT2D eigenvalue weighted by atomic mass is 10.1. The second kappa shape index (κ2) is 12.6. The first-order chi connectivity index (χ1) is 17.5. The molecule has 0 bridgehead atoms. The lowest BCUT2D eigenvalue weighted by Crippen LogP contribution is -2.26. The number of ether oxygens (including phenoxy) is 1. The Morgan fingerprint density at radius 1 is 0.944 bits per heavy atom. The minimum absolute atomic E-state index is 0.0444. The van der Waals surface area contributed by atoms with Gasteiger partial charge in [-0.25, -0.2) is 4.98 Å². The third-order valence-corrected chi connectivity index (χ3v) is 6.63. The number of carbonyl (C=O) groups is 1. The number of fused-ring (bicyclic) bond motifs is 1. The molecular weight excluding hydrogens is 470 g/mol. The van der Waals surface area contributed by atoms with Crippen molar-refractivity contribution in [2.24, 2.45) is 0 Å². The molecule has 0 atom stereocenters. The molecule has 1 heterocycles. The van der Waals surface area contributed by atoms with E-state index in [0.717, 1.165) is 71.5 Å². The van der Waals surface area contributed by atoms with Crippen molar-refractivity contribution in [3.63, 3.8) is 0 Å². The number of imidazole rings is 1. The van der Waals surface area contributed by atoms with Crippen LogP contribution >= 0.6 is 11.6 Å². The highest BCUT2D eigenvalue weighted by Crippen LogP contribution is 2.23. The summed E-state index contributed by atoms with van der Waals surface area (Å²) < 4.78 is 8.47. The van der Waals surface area contributed by atoms with Crippen molar-refractivity contribution in [1.82, 2.24) is 14.9 Å². The first-order valence-corrected chi connectivity index (χ1v) is 13.0. The van der Waals surface area contributed by atoms with E-state index in [2.05, 4.69) is 60.1 Å². The largest absolute Gasteiger partial charge is 0.491 e. The van der Waals surface area contributed by atoms with E-state index in [-0.39, 0.29) is 5.91 Å². The number of para-hydroxylation sites is 3. The summed E-state index contributed by atoms with van der Waals surface area (Å²) in [4.78, 5) is 17.1. The number of hydrogen-bond donors (Lipinski definition) is 1. The number of nitrogens with zero attached hydrogens (tertiary/aromatic N) is 2. The first kappa shape index (κ1) is 25.8. The molecule has 6 heteroatoms. The van der Waals surface area contributed by atoms with Gasteiger partial charge in [0.2, 0.25) is 5.91 Å². The van der Waals surface area contributed by atoms with Gasteiger partial charge >= 0.3 is 0 Å². The maximum absolute atomic E-state index is 12.2. The summed E-state index contributed by atoms with van der Waals surface area (Å²) in [5.74, 6) is 2.11. The smallest absolute Gasteiger partial charge is 0.224 e. The maximum Gasteiger partial charge on any atom is 0.224 e. The highest BCUT2D eigenvalue weighted by molar-refractivity contribution is 6.30. The summed E-state index contributed by atoms with van der Waals surface area (Å²) in [5, 5.41) is 3.70. The fourth-order valence-electron chi connectivity index (χ4n) is 4.49. The van der Waals surface area contributed by atoms with E-state index in [1.807, 2.05) is 30.3 Å².